The highest BCUT2D eigenvalue weighted by molar-refractivity contribution is 5.97. The zero-order chi connectivity index (χ0) is 14.3. The topological polar surface area (TPSA) is 46.3 Å². The summed E-state index contributed by atoms with van der Waals surface area (Å²) >= 11 is 0. The smallest absolute Gasteiger partial charge is 0.254 e. The van der Waals surface area contributed by atoms with E-state index in [1.165, 1.54) is 12.8 Å². The molecule has 116 valence electrons. The predicted octanol–water partition coefficient (Wildman–Crippen LogP) is 2.92. The first-order chi connectivity index (χ1) is 9.58. The van der Waals surface area contributed by atoms with Crippen LogP contribution in [-0.4, -0.2) is 29.9 Å². The number of carbonyl (C=O) groups is 1. The van der Waals surface area contributed by atoms with Crippen LogP contribution in [0.15, 0.2) is 18.2 Å². The normalized spacial score (nSPS) is 28.0. The van der Waals surface area contributed by atoms with Crippen molar-refractivity contribution in [2.24, 2.45) is 17.6 Å². The third kappa shape index (κ3) is 2.95. The third-order valence-corrected chi connectivity index (χ3v) is 5.14. The lowest BCUT2D eigenvalue weighted by atomic mass is 9.78. The highest BCUT2D eigenvalue weighted by Crippen LogP contribution is 2.36. The number of hydrogen-bond acceptors (Lipinski definition) is 2. The molecule has 0 bridgehead atoms. The SMILES string of the molecule is Cc1cccc(C)c1C(=O)N1CC2CCCC(N)C2C1.Cl. The van der Waals surface area contributed by atoms with Gasteiger partial charge in [-0.2, -0.15) is 0 Å². The summed E-state index contributed by atoms with van der Waals surface area (Å²) in [5.74, 6) is 1.33. The molecule has 4 heteroatoms. The summed E-state index contributed by atoms with van der Waals surface area (Å²) in [6.07, 6.45) is 3.56. The molecule has 1 aliphatic carbocycles. The van der Waals surface area contributed by atoms with E-state index in [2.05, 4.69) is 0 Å². The van der Waals surface area contributed by atoms with Gasteiger partial charge < -0.3 is 10.6 Å². The molecule has 1 heterocycles. The number of likely N-dealkylation sites (tertiary alicyclic amines) is 1. The van der Waals surface area contributed by atoms with Crippen molar-refractivity contribution in [3.8, 4) is 0 Å². The molecule has 3 atom stereocenters. The van der Waals surface area contributed by atoms with Gasteiger partial charge >= 0.3 is 0 Å². The highest BCUT2D eigenvalue weighted by atomic mass is 35.5. The second-order valence-electron chi connectivity index (χ2n) is 6.50. The van der Waals surface area contributed by atoms with Crippen molar-refractivity contribution in [3.05, 3.63) is 34.9 Å². The minimum Gasteiger partial charge on any atom is -0.338 e. The Morgan fingerprint density at radius 3 is 2.48 bits per heavy atom. The van der Waals surface area contributed by atoms with E-state index in [4.69, 9.17) is 5.73 Å². The van der Waals surface area contributed by atoms with E-state index in [0.717, 1.165) is 36.2 Å². The molecule has 3 nitrogen and oxygen atoms in total. The molecule has 1 saturated heterocycles. The fourth-order valence-electron chi connectivity index (χ4n) is 3.99. The second kappa shape index (κ2) is 6.37. The summed E-state index contributed by atoms with van der Waals surface area (Å²) in [6.45, 7) is 5.79. The molecular formula is C17H25ClN2O. The second-order valence-corrected chi connectivity index (χ2v) is 6.50. The van der Waals surface area contributed by atoms with Gasteiger partial charge in [0, 0.05) is 24.7 Å². The molecule has 1 amide bonds. The molecule has 1 aromatic rings. The standard InChI is InChI=1S/C17H24N2O.ClH/c1-11-5-3-6-12(2)16(11)17(20)19-9-13-7-4-8-15(18)14(13)10-19;/h3,5-6,13-15H,4,7-10,18H2,1-2H3;1H. The maximum absolute atomic E-state index is 12.8. The van der Waals surface area contributed by atoms with Gasteiger partial charge in [0.25, 0.3) is 5.91 Å². The van der Waals surface area contributed by atoms with Gasteiger partial charge in [0.15, 0.2) is 0 Å². The molecule has 2 aliphatic rings. The number of fused-ring (bicyclic) bond motifs is 1. The number of amides is 1. The van der Waals surface area contributed by atoms with Crippen molar-refractivity contribution >= 4 is 18.3 Å². The monoisotopic (exact) mass is 308 g/mol. The summed E-state index contributed by atoms with van der Waals surface area (Å²) in [4.78, 5) is 14.9. The third-order valence-electron chi connectivity index (χ3n) is 5.14. The van der Waals surface area contributed by atoms with Crippen molar-refractivity contribution in [2.45, 2.75) is 39.2 Å². The van der Waals surface area contributed by atoms with Crippen molar-refractivity contribution in [1.29, 1.82) is 0 Å². The molecule has 21 heavy (non-hydrogen) atoms. The van der Waals surface area contributed by atoms with E-state index < -0.39 is 0 Å². The largest absolute Gasteiger partial charge is 0.338 e. The van der Waals surface area contributed by atoms with Crippen LogP contribution in [0, 0.1) is 25.7 Å². The summed E-state index contributed by atoms with van der Waals surface area (Å²) in [5, 5.41) is 0. The van der Waals surface area contributed by atoms with Crippen molar-refractivity contribution in [1.82, 2.24) is 4.90 Å². The average molecular weight is 309 g/mol. The quantitative estimate of drug-likeness (QED) is 0.867. The van der Waals surface area contributed by atoms with Crippen LogP contribution >= 0.6 is 12.4 Å². The summed E-state index contributed by atoms with van der Waals surface area (Å²) < 4.78 is 0. The van der Waals surface area contributed by atoms with E-state index >= 15 is 0 Å². The first-order valence-electron chi connectivity index (χ1n) is 7.69. The van der Waals surface area contributed by atoms with Crippen LogP contribution in [0.5, 0.6) is 0 Å². The summed E-state index contributed by atoms with van der Waals surface area (Å²) in [5.41, 5.74) is 9.29. The Balaban J connectivity index is 0.00000161. The molecule has 0 spiro atoms. The van der Waals surface area contributed by atoms with E-state index in [0.29, 0.717) is 11.8 Å². The first kappa shape index (κ1) is 16.3. The molecule has 2 N–H and O–H groups in total. The molecule has 0 aromatic heterocycles. The van der Waals surface area contributed by atoms with Gasteiger partial charge in [0.2, 0.25) is 0 Å². The fourth-order valence-corrected chi connectivity index (χ4v) is 3.99. The highest BCUT2D eigenvalue weighted by Gasteiger charge is 2.40. The lowest BCUT2D eigenvalue weighted by Crippen LogP contribution is -2.38. The van der Waals surface area contributed by atoms with Gasteiger partial charge in [0.05, 0.1) is 0 Å². The van der Waals surface area contributed by atoms with Crippen LogP contribution < -0.4 is 5.73 Å². The van der Waals surface area contributed by atoms with Crippen LogP contribution in [0.3, 0.4) is 0 Å². The Kier molecular flexibility index (Phi) is 4.95. The molecule has 3 unspecified atom stereocenters. The summed E-state index contributed by atoms with van der Waals surface area (Å²) in [6, 6.07) is 6.34. The van der Waals surface area contributed by atoms with Crippen LogP contribution in [0.1, 0.15) is 40.7 Å². The van der Waals surface area contributed by atoms with Crippen LogP contribution in [0.2, 0.25) is 0 Å². The van der Waals surface area contributed by atoms with Crippen molar-refractivity contribution in [2.75, 3.05) is 13.1 Å². The van der Waals surface area contributed by atoms with Crippen molar-refractivity contribution in [3.63, 3.8) is 0 Å². The number of nitrogens with two attached hydrogens (primary N) is 1. The Labute approximate surface area is 133 Å². The number of benzene rings is 1. The maximum Gasteiger partial charge on any atom is 0.254 e. The maximum atomic E-state index is 12.8. The lowest BCUT2D eigenvalue weighted by molar-refractivity contribution is 0.0782. The number of carbonyl (C=O) groups excluding carboxylic acids is 1. The van der Waals surface area contributed by atoms with Crippen LogP contribution in [0.4, 0.5) is 0 Å². The van der Waals surface area contributed by atoms with Gasteiger partial charge in [-0.25, -0.2) is 0 Å². The zero-order valence-electron chi connectivity index (χ0n) is 12.8. The Morgan fingerprint density at radius 1 is 1.19 bits per heavy atom. The molecule has 1 saturated carbocycles. The minimum atomic E-state index is 0. The van der Waals surface area contributed by atoms with Gasteiger partial charge in [-0.1, -0.05) is 24.6 Å². The number of aryl methyl sites for hydroxylation is 2. The van der Waals surface area contributed by atoms with E-state index in [1.807, 2.05) is 36.9 Å². The number of hydrogen-bond donors (Lipinski definition) is 1. The van der Waals surface area contributed by atoms with Crippen molar-refractivity contribution < 1.29 is 4.79 Å². The fraction of sp³-hybridized carbons (Fsp3) is 0.588. The van der Waals surface area contributed by atoms with E-state index in [1.54, 1.807) is 0 Å². The van der Waals surface area contributed by atoms with Gasteiger partial charge in [-0.3, -0.25) is 4.79 Å². The molecule has 0 radical (unpaired) electrons. The first-order valence-corrected chi connectivity index (χ1v) is 7.69. The lowest BCUT2D eigenvalue weighted by Gasteiger charge is -2.29. The minimum absolute atomic E-state index is 0. The molecule has 1 aliphatic heterocycles. The Hall–Kier alpha value is -1.06. The van der Waals surface area contributed by atoms with Gasteiger partial charge in [-0.15, -0.1) is 12.4 Å². The van der Waals surface area contributed by atoms with Gasteiger partial charge in [0.1, 0.15) is 0 Å². The van der Waals surface area contributed by atoms with E-state index in [-0.39, 0.29) is 24.4 Å². The Bertz CT molecular complexity index is 511. The molecule has 2 fully saturated rings. The molecular weight excluding hydrogens is 284 g/mol. The van der Waals surface area contributed by atoms with Crippen LogP contribution in [0.25, 0.3) is 0 Å². The summed E-state index contributed by atoms with van der Waals surface area (Å²) in [7, 11) is 0. The Morgan fingerprint density at radius 2 is 1.86 bits per heavy atom. The zero-order valence-corrected chi connectivity index (χ0v) is 13.7. The number of halogens is 1. The van der Waals surface area contributed by atoms with E-state index in [9.17, 15) is 4.79 Å². The average Bonchev–Trinajstić information content (AvgIpc) is 2.84. The van der Waals surface area contributed by atoms with Crippen LogP contribution in [-0.2, 0) is 0 Å². The molecule has 3 rings (SSSR count). The molecule has 1 aromatic carbocycles. The van der Waals surface area contributed by atoms with Gasteiger partial charge in [-0.05, 0) is 49.7 Å². The number of rotatable bonds is 1. The number of nitrogens with zero attached hydrogens (tertiary/aromatic N) is 1. The predicted molar refractivity (Wildman–Crippen MR) is 87.9 cm³/mol.